The van der Waals surface area contributed by atoms with Crippen LogP contribution >= 0.6 is 0 Å². The fourth-order valence-corrected chi connectivity index (χ4v) is 1.97. The van der Waals surface area contributed by atoms with E-state index < -0.39 is 41.7 Å². The fourth-order valence-electron chi connectivity index (χ4n) is 1.97. The van der Waals surface area contributed by atoms with Gasteiger partial charge in [0, 0.05) is 13.1 Å². The van der Waals surface area contributed by atoms with Gasteiger partial charge in [-0.15, -0.1) is 0 Å². The van der Waals surface area contributed by atoms with E-state index in [0.717, 1.165) is 9.80 Å². The Labute approximate surface area is 104 Å². The Balaban J connectivity index is 3.26. The van der Waals surface area contributed by atoms with Crippen molar-refractivity contribution in [2.75, 3.05) is 7.05 Å². The topological polar surface area (TPSA) is 95.0 Å². The van der Waals surface area contributed by atoms with Gasteiger partial charge in [-0.2, -0.15) is 0 Å². The Morgan fingerprint density at radius 2 is 1.78 bits per heavy atom. The SMILES string of the molecule is CC(C)N1C(=O)N(C)C(=O)C(C)(CC(=O)O)C1=O. The number of hydrogen-bond acceptors (Lipinski definition) is 4. The number of carbonyl (C=O) groups excluding carboxylic acids is 3. The second-order valence-electron chi connectivity index (χ2n) is 4.82. The number of carboxylic acid groups (broad SMARTS) is 1. The number of amides is 4. The van der Waals surface area contributed by atoms with Crippen LogP contribution < -0.4 is 0 Å². The first-order valence-electron chi connectivity index (χ1n) is 5.50. The highest BCUT2D eigenvalue weighted by Crippen LogP contribution is 2.32. The van der Waals surface area contributed by atoms with Crippen molar-refractivity contribution in [3.8, 4) is 0 Å². The van der Waals surface area contributed by atoms with Crippen molar-refractivity contribution in [3.05, 3.63) is 0 Å². The molecule has 0 aromatic carbocycles. The van der Waals surface area contributed by atoms with E-state index in [1.165, 1.54) is 14.0 Å². The van der Waals surface area contributed by atoms with E-state index in [1.54, 1.807) is 13.8 Å². The van der Waals surface area contributed by atoms with Crippen LogP contribution in [0.2, 0.25) is 0 Å². The second kappa shape index (κ2) is 4.40. The Morgan fingerprint density at radius 1 is 1.28 bits per heavy atom. The summed E-state index contributed by atoms with van der Waals surface area (Å²) < 4.78 is 0. The molecule has 1 heterocycles. The molecule has 0 radical (unpaired) electrons. The standard InChI is InChI=1S/C11H16N2O5/c1-6(2)13-9(17)11(3,5-7(14)15)8(16)12(4)10(13)18/h6H,5H2,1-4H3,(H,14,15). The molecule has 0 aromatic heterocycles. The lowest BCUT2D eigenvalue weighted by Gasteiger charge is -2.41. The first kappa shape index (κ1) is 14.1. The van der Waals surface area contributed by atoms with Crippen LogP contribution in [0.15, 0.2) is 0 Å². The molecular formula is C11H16N2O5. The van der Waals surface area contributed by atoms with Gasteiger partial charge in [-0.3, -0.25) is 24.2 Å². The molecule has 1 rings (SSSR count). The highest BCUT2D eigenvalue weighted by Gasteiger charge is 2.54. The quantitative estimate of drug-likeness (QED) is 0.732. The van der Waals surface area contributed by atoms with Gasteiger partial charge < -0.3 is 5.11 Å². The zero-order valence-electron chi connectivity index (χ0n) is 10.8. The zero-order chi connectivity index (χ0) is 14.2. The minimum atomic E-state index is -1.72. The highest BCUT2D eigenvalue weighted by molar-refractivity contribution is 6.19. The zero-order valence-corrected chi connectivity index (χ0v) is 10.8. The lowest BCUT2D eigenvalue weighted by molar-refractivity contribution is -0.163. The molecule has 1 unspecified atom stereocenters. The smallest absolute Gasteiger partial charge is 0.333 e. The normalized spacial score (nSPS) is 25.1. The molecule has 1 aliphatic rings. The molecule has 1 atom stereocenters. The maximum atomic E-state index is 12.2. The third-order valence-corrected chi connectivity index (χ3v) is 2.98. The summed E-state index contributed by atoms with van der Waals surface area (Å²) in [5.74, 6) is -2.80. The predicted molar refractivity (Wildman–Crippen MR) is 60.5 cm³/mol. The van der Waals surface area contributed by atoms with E-state index >= 15 is 0 Å². The molecule has 7 nitrogen and oxygen atoms in total. The lowest BCUT2D eigenvalue weighted by atomic mass is 9.81. The van der Waals surface area contributed by atoms with E-state index in [-0.39, 0.29) is 0 Å². The van der Waals surface area contributed by atoms with Crippen LogP contribution in [-0.2, 0) is 14.4 Å². The summed E-state index contributed by atoms with van der Waals surface area (Å²) in [5.41, 5.74) is -1.72. The Hall–Kier alpha value is -1.92. The van der Waals surface area contributed by atoms with Crippen molar-refractivity contribution < 1.29 is 24.3 Å². The Kier molecular flexibility index (Phi) is 3.45. The summed E-state index contributed by atoms with van der Waals surface area (Å²) in [7, 11) is 1.24. The Morgan fingerprint density at radius 3 is 2.17 bits per heavy atom. The van der Waals surface area contributed by atoms with Crippen LogP contribution in [-0.4, -0.2) is 51.8 Å². The van der Waals surface area contributed by atoms with Crippen LogP contribution in [0.4, 0.5) is 4.79 Å². The van der Waals surface area contributed by atoms with Gasteiger partial charge in [-0.05, 0) is 20.8 Å². The van der Waals surface area contributed by atoms with Crippen LogP contribution in [0.1, 0.15) is 27.2 Å². The minimum Gasteiger partial charge on any atom is -0.481 e. The maximum Gasteiger partial charge on any atom is 0.333 e. The predicted octanol–water partition coefficient (Wildman–Crippen LogP) is 0.296. The molecule has 7 heteroatoms. The van der Waals surface area contributed by atoms with E-state index in [2.05, 4.69) is 0 Å². The summed E-state index contributed by atoms with van der Waals surface area (Å²) in [6.07, 6.45) is -0.633. The largest absolute Gasteiger partial charge is 0.481 e. The van der Waals surface area contributed by atoms with Crippen LogP contribution in [0.5, 0.6) is 0 Å². The van der Waals surface area contributed by atoms with Gasteiger partial charge in [0.15, 0.2) is 0 Å². The first-order valence-corrected chi connectivity index (χ1v) is 5.50. The summed E-state index contributed by atoms with van der Waals surface area (Å²) in [6, 6.07) is -1.16. The van der Waals surface area contributed by atoms with Gasteiger partial charge in [0.1, 0.15) is 5.41 Å². The number of imide groups is 2. The highest BCUT2D eigenvalue weighted by atomic mass is 16.4. The molecule has 0 aliphatic carbocycles. The molecule has 1 aliphatic heterocycles. The van der Waals surface area contributed by atoms with Gasteiger partial charge in [0.05, 0.1) is 6.42 Å². The van der Waals surface area contributed by atoms with Crippen LogP contribution in [0.3, 0.4) is 0 Å². The van der Waals surface area contributed by atoms with Crippen LogP contribution in [0, 0.1) is 5.41 Å². The number of rotatable bonds is 3. The second-order valence-corrected chi connectivity index (χ2v) is 4.82. The number of carbonyl (C=O) groups is 4. The van der Waals surface area contributed by atoms with Gasteiger partial charge >= 0.3 is 12.0 Å². The van der Waals surface area contributed by atoms with Crippen molar-refractivity contribution in [2.24, 2.45) is 5.41 Å². The molecule has 1 N–H and O–H groups in total. The lowest BCUT2D eigenvalue weighted by Crippen LogP contribution is -2.65. The third kappa shape index (κ3) is 1.96. The number of barbiturate groups is 1. The minimum absolute atomic E-state index is 0.436. The van der Waals surface area contributed by atoms with E-state index in [0.29, 0.717) is 0 Å². The van der Waals surface area contributed by atoms with Gasteiger partial charge in [-0.25, -0.2) is 4.79 Å². The van der Waals surface area contributed by atoms with E-state index in [9.17, 15) is 19.2 Å². The number of urea groups is 1. The van der Waals surface area contributed by atoms with Crippen molar-refractivity contribution >= 4 is 23.8 Å². The molecule has 0 spiro atoms. The maximum absolute atomic E-state index is 12.2. The average Bonchev–Trinajstić information content (AvgIpc) is 2.23. The molecule has 1 fully saturated rings. The summed E-state index contributed by atoms with van der Waals surface area (Å²) in [4.78, 5) is 48.5. The molecule has 0 aromatic rings. The van der Waals surface area contributed by atoms with E-state index in [1.807, 2.05) is 0 Å². The summed E-state index contributed by atoms with van der Waals surface area (Å²) in [6.45, 7) is 4.51. The molecule has 18 heavy (non-hydrogen) atoms. The molecule has 4 amide bonds. The van der Waals surface area contributed by atoms with Crippen molar-refractivity contribution in [3.63, 3.8) is 0 Å². The van der Waals surface area contributed by atoms with E-state index in [4.69, 9.17) is 5.11 Å². The van der Waals surface area contributed by atoms with Crippen molar-refractivity contribution in [1.82, 2.24) is 9.80 Å². The molecule has 0 saturated carbocycles. The van der Waals surface area contributed by atoms with Gasteiger partial charge in [0.25, 0.3) is 0 Å². The average molecular weight is 256 g/mol. The Bertz CT molecular complexity index is 431. The summed E-state index contributed by atoms with van der Waals surface area (Å²) >= 11 is 0. The number of nitrogens with zero attached hydrogens (tertiary/aromatic N) is 2. The van der Waals surface area contributed by atoms with Crippen LogP contribution in [0.25, 0.3) is 0 Å². The number of carboxylic acids is 1. The molecule has 1 saturated heterocycles. The summed E-state index contributed by atoms with van der Waals surface area (Å²) in [5, 5.41) is 8.82. The first-order chi connectivity index (χ1) is 8.12. The molecule has 0 bridgehead atoms. The van der Waals surface area contributed by atoms with Gasteiger partial charge in [0.2, 0.25) is 11.8 Å². The van der Waals surface area contributed by atoms with Crippen molar-refractivity contribution in [2.45, 2.75) is 33.2 Å². The third-order valence-electron chi connectivity index (χ3n) is 2.98. The monoisotopic (exact) mass is 256 g/mol. The molecular weight excluding hydrogens is 240 g/mol. The fraction of sp³-hybridized carbons (Fsp3) is 0.636. The number of hydrogen-bond donors (Lipinski definition) is 1. The molecule has 100 valence electrons. The van der Waals surface area contributed by atoms with Crippen molar-refractivity contribution in [1.29, 1.82) is 0 Å². The van der Waals surface area contributed by atoms with Gasteiger partial charge in [-0.1, -0.05) is 0 Å². The number of aliphatic carboxylic acids is 1.